The molecule has 1 N–H and O–H groups in total. The molecular weight excluding hydrogens is 246 g/mol. The highest BCUT2D eigenvalue weighted by atomic mass is 15.2. The van der Waals surface area contributed by atoms with Gasteiger partial charge >= 0.3 is 0 Å². The molecule has 3 heteroatoms. The number of rotatable bonds is 3. The second kappa shape index (κ2) is 6.13. The van der Waals surface area contributed by atoms with E-state index in [1.165, 1.54) is 50.8 Å². The van der Waals surface area contributed by atoms with Crippen LogP contribution in [0.25, 0.3) is 0 Å². The van der Waals surface area contributed by atoms with E-state index in [1.807, 2.05) is 7.05 Å². The summed E-state index contributed by atoms with van der Waals surface area (Å²) in [6, 6.07) is 5.55. The SMILES string of the molecule is CNC(C)c1ccc(N2CCC[C@H]3CCCC[C@H]32)cn1. The average Bonchev–Trinajstić information content (AvgIpc) is 2.54. The number of nitrogens with zero attached hydrogens (tertiary/aromatic N) is 2. The third-order valence-electron chi connectivity index (χ3n) is 5.22. The summed E-state index contributed by atoms with van der Waals surface area (Å²) in [6.07, 6.45) is 10.5. The quantitative estimate of drug-likeness (QED) is 0.913. The molecule has 1 saturated carbocycles. The number of anilines is 1. The highest BCUT2D eigenvalue weighted by Crippen LogP contribution is 2.37. The third-order valence-corrected chi connectivity index (χ3v) is 5.22. The summed E-state index contributed by atoms with van der Waals surface area (Å²) in [4.78, 5) is 7.29. The van der Waals surface area contributed by atoms with Crippen molar-refractivity contribution < 1.29 is 0 Å². The predicted molar refractivity (Wildman–Crippen MR) is 84.0 cm³/mol. The Bertz CT molecular complexity index is 426. The van der Waals surface area contributed by atoms with Gasteiger partial charge in [0.25, 0.3) is 0 Å². The standard InChI is InChI=1S/C17H27N3/c1-13(18-2)16-10-9-15(12-19-16)20-11-5-7-14-6-3-4-8-17(14)20/h9-10,12-14,17-18H,3-8,11H2,1-2H3/t13?,14-,17-/m1/s1. The summed E-state index contributed by atoms with van der Waals surface area (Å²) >= 11 is 0. The van der Waals surface area contributed by atoms with Crippen LogP contribution in [0.5, 0.6) is 0 Å². The molecule has 3 atom stereocenters. The van der Waals surface area contributed by atoms with E-state index < -0.39 is 0 Å². The van der Waals surface area contributed by atoms with E-state index in [1.54, 1.807) is 0 Å². The fourth-order valence-electron chi connectivity index (χ4n) is 3.92. The number of pyridine rings is 1. The van der Waals surface area contributed by atoms with Gasteiger partial charge < -0.3 is 10.2 Å². The van der Waals surface area contributed by atoms with Crippen LogP contribution < -0.4 is 10.2 Å². The number of aromatic nitrogens is 1. The van der Waals surface area contributed by atoms with Gasteiger partial charge in [0.15, 0.2) is 0 Å². The van der Waals surface area contributed by atoms with E-state index in [0.29, 0.717) is 6.04 Å². The molecule has 1 aromatic rings. The van der Waals surface area contributed by atoms with E-state index in [0.717, 1.165) is 17.7 Å². The van der Waals surface area contributed by atoms with Crippen LogP contribution in [0, 0.1) is 5.92 Å². The molecule has 3 rings (SSSR count). The fraction of sp³-hybridized carbons (Fsp3) is 0.706. The molecular formula is C17H27N3. The lowest BCUT2D eigenvalue weighted by Gasteiger charge is -2.45. The first-order valence-corrected chi connectivity index (χ1v) is 8.19. The zero-order chi connectivity index (χ0) is 13.9. The van der Waals surface area contributed by atoms with Gasteiger partial charge in [0.2, 0.25) is 0 Å². The Morgan fingerprint density at radius 3 is 2.75 bits per heavy atom. The minimum absolute atomic E-state index is 0.327. The molecule has 0 amide bonds. The fourth-order valence-corrected chi connectivity index (χ4v) is 3.92. The third kappa shape index (κ3) is 2.69. The van der Waals surface area contributed by atoms with Crippen molar-refractivity contribution in [2.75, 3.05) is 18.5 Å². The second-order valence-corrected chi connectivity index (χ2v) is 6.40. The Hall–Kier alpha value is -1.09. The zero-order valence-electron chi connectivity index (χ0n) is 12.8. The van der Waals surface area contributed by atoms with Crippen molar-refractivity contribution in [2.24, 2.45) is 5.92 Å². The van der Waals surface area contributed by atoms with Gasteiger partial charge in [0, 0.05) is 18.6 Å². The first kappa shape index (κ1) is 13.9. The van der Waals surface area contributed by atoms with Crippen molar-refractivity contribution in [3.8, 4) is 0 Å². The molecule has 1 unspecified atom stereocenters. The molecule has 2 aliphatic rings. The molecule has 3 nitrogen and oxygen atoms in total. The van der Waals surface area contributed by atoms with E-state index >= 15 is 0 Å². The van der Waals surface area contributed by atoms with E-state index in [2.05, 4.69) is 40.5 Å². The van der Waals surface area contributed by atoms with Crippen LogP contribution in [0.4, 0.5) is 5.69 Å². The number of hydrogen-bond acceptors (Lipinski definition) is 3. The van der Waals surface area contributed by atoms with Gasteiger partial charge in [-0.05, 0) is 57.7 Å². The molecule has 1 saturated heterocycles. The van der Waals surface area contributed by atoms with Crippen molar-refractivity contribution in [2.45, 2.75) is 57.5 Å². The van der Waals surface area contributed by atoms with Crippen molar-refractivity contribution in [3.05, 3.63) is 24.0 Å². The smallest absolute Gasteiger partial charge is 0.0571 e. The van der Waals surface area contributed by atoms with Crippen molar-refractivity contribution in [3.63, 3.8) is 0 Å². The first-order chi connectivity index (χ1) is 9.79. The maximum absolute atomic E-state index is 4.66. The van der Waals surface area contributed by atoms with Crippen molar-refractivity contribution in [1.82, 2.24) is 10.3 Å². The van der Waals surface area contributed by atoms with Crippen LogP contribution in [-0.2, 0) is 0 Å². The topological polar surface area (TPSA) is 28.2 Å². The molecule has 0 bridgehead atoms. The Kier molecular flexibility index (Phi) is 4.25. The van der Waals surface area contributed by atoms with Gasteiger partial charge in [-0.1, -0.05) is 12.8 Å². The van der Waals surface area contributed by atoms with Gasteiger partial charge in [-0.15, -0.1) is 0 Å². The number of piperidine rings is 1. The Labute approximate surface area is 122 Å². The predicted octanol–water partition coefficient (Wildman–Crippen LogP) is 3.52. The second-order valence-electron chi connectivity index (χ2n) is 6.40. The monoisotopic (exact) mass is 273 g/mol. The number of hydrogen-bond donors (Lipinski definition) is 1. The maximum atomic E-state index is 4.66. The normalized spacial score (nSPS) is 28.0. The maximum Gasteiger partial charge on any atom is 0.0571 e. The minimum atomic E-state index is 0.327. The lowest BCUT2D eigenvalue weighted by molar-refractivity contribution is 0.243. The van der Waals surface area contributed by atoms with Gasteiger partial charge in [-0.3, -0.25) is 4.98 Å². The number of fused-ring (bicyclic) bond motifs is 1. The van der Waals surface area contributed by atoms with Crippen molar-refractivity contribution >= 4 is 5.69 Å². The average molecular weight is 273 g/mol. The molecule has 1 aliphatic carbocycles. The highest BCUT2D eigenvalue weighted by molar-refractivity contribution is 5.46. The molecule has 0 radical (unpaired) electrons. The molecule has 2 fully saturated rings. The molecule has 0 spiro atoms. The Morgan fingerprint density at radius 2 is 2.00 bits per heavy atom. The Morgan fingerprint density at radius 1 is 1.20 bits per heavy atom. The molecule has 20 heavy (non-hydrogen) atoms. The van der Waals surface area contributed by atoms with E-state index in [4.69, 9.17) is 0 Å². The van der Waals surface area contributed by atoms with Crippen molar-refractivity contribution in [1.29, 1.82) is 0 Å². The summed E-state index contributed by atoms with van der Waals surface area (Å²) in [5.41, 5.74) is 2.46. The highest BCUT2D eigenvalue weighted by Gasteiger charge is 2.33. The number of nitrogens with one attached hydrogen (secondary N) is 1. The zero-order valence-corrected chi connectivity index (χ0v) is 12.8. The van der Waals surface area contributed by atoms with Gasteiger partial charge in [-0.2, -0.15) is 0 Å². The molecule has 1 aromatic heterocycles. The van der Waals surface area contributed by atoms with Gasteiger partial charge in [-0.25, -0.2) is 0 Å². The molecule has 2 heterocycles. The van der Waals surface area contributed by atoms with Crippen LogP contribution in [0.2, 0.25) is 0 Å². The van der Waals surface area contributed by atoms with Crippen LogP contribution >= 0.6 is 0 Å². The van der Waals surface area contributed by atoms with Crippen LogP contribution in [0.1, 0.15) is 57.2 Å². The summed E-state index contributed by atoms with van der Waals surface area (Å²) in [5, 5.41) is 3.25. The van der Waals surface area contributed by atoms with E-state index in [9.17, 15) is 0 Å². The summed E-state index contributed by atoms with van der Waals surface area (Å²) in [6.45, 7) is 3.36. The van der Waals surface area contributed by atoms with E-state index in [-0.39, 0.29) is 0 Å². The summed E-state index contributed by atoms with van der Waals surface area (Å²) in [5.74, 6) is 0.924. The van der Waals surface area contributed by atoms with Gasteiger partial charge in [0.05, 0.1) is 17.6 Å². The lowest BCUT2D eigenvalue weighted by Crippen LogP contribution is -2.46. The van der Waals surface area contributed by atoms with Crippen LogP contribution in [0.15, 0.2) is 18.3 Å². The summed E-state index contributed by atoms with van der Waals surface area (Å²) < 4.78 is 0. The molecule has 110 valence electrons. The lowest BCUT2D eigenvalue weighted by atomic mass is 9.78. The van der Waals surface area contributed by atoms with Crippen LogP contribution in [0.3, 0.4) is 0 Å². The minimum Gasteiger partial charge on any atom is -0.367 e. The molecule has 1 aliphatic heterocycles. The van der Waals surface area contributed by atoms with Crippen LogP contribution in [-0.4, -0.2) is 24.6 Å². The Balaban J connectivity index is 1.77. The molecule has 0 aromatic carbocycles. The van der Waals surface area contributed by atoms with Gasteiger partial charge in [0.1, 0.15) is 0 Å². The first-order valence-electron chi connectivity index (χ1n) is 8.19. The largest absolute Gasteiger partial charge is 0.367 e. The summed E-state index contributed by atoms with van der Waals surface area (Å²) in [7, 11) is 1.98.